The van der Waals surface area contributed by atoms with Gasteiger partial charge in [-0.25, -0.2) is 4.98 Å². The number of rotatable bonds is 4. The van der Waals surface area contributed by atoms with Gasteiger partial charge in [0.1, 0.15) is 5.82 Å². The van der Waals surface area contributed by atoms with E-state index in [0.717, 1.165) is 36.5 Å². The van der Waals surface area contributed by atoms with Crippen LogP contribution in [0.5, 0.6) is 0 Å². The van der Waals surface area contributed by atoms with Crippen LogP contribution in [0.15, 0.2) is 53.1 Å². The highest BCUT2D eigenvalue weighted by Gasteiger charge is 2.19. The van der Waals surface area contributed by atoms with E-state index < -0.39 is 0 Å². The van der Waals surface area contributed by atoms with Crippen molar-refractivity contribution in [2.24, 2.45) is 0 Å². The average Bonchev–Trinajstić information content (AvgIpc) is 2.68. The van der Waals surface area contributed by atoms with Crippen LogP contribution in [0.2, 0.25) is 0 Å². The highest BCUT2D eigenvalue weighted by atomic mass is 79.9. The van der Waals surface area contributed by atoms with Crippen LogP contribution in [0.1, 0.15) is 10.4 Å². The second-order valence-electron chi connectivity index (χ2n) is 5.96. The normalized spacial score (nSPS) is 14.7. The van der Waals surface area contributed by atoms with Crippen LogP contribution in [0.25, 0.3) is 0 Å². The molecule has 136 valence electrons. The van der Waals surface area contributed by atoms with Gasteiger partial charge in [0.25, 0.3) is 11.8 Å². The molecule has 1 fully saturated rings. The molecular weight excluding hydrogens is 398 g/mol. The Labute approximate surface area is 160 Å². The van der Waals surface area contributed by atoms with E-state index in [0.29, 0.717) is 5.56 Å². The molecule has 1 aliphatic rings. The number of pyridine rings is 1. The first-order valence-electron chi connectivity index (χ1n) is 8.35. The maximum atomic E-state index is 12.1. The molecule has 0 unspecified atom stereocenters. The lowest BCUT2D eigenvalue weighted by molar-refractivity contribution is -0.123. The molecule has 2 N–H and O–H groups in total. The number of nitrogens with one attached hydrogen (secondary N) is 2. The Bertz CT molecular complexity index is 746. The summed E-state index contributed by atoms with van der Waals surface area (Å²) in [7, 11) is 0. The van der Waals surface area contributed by atoms with Gasteiger partial charge in [-0.2, -0.15) is 0 Å². The molecule has 7 nitrogen and oxygen atoms in total. The zero-order chi connectivity index (χ0) is 18.4. The molecule has 1 aromatic carbocycles. The van der Waals surface area contributed by atoms with Gasteiger partial charge in [0.05, 0.1) is 6.54 Å². The van der Waals surface area contributed by atoms with Crippen molar-refractivity contribution in [3.63, 3.8) is 0 Å². The molecule has 2 amide bonds. The fourth-order valence-corrected chi connectivity index (χ4v) is 2.98. The molecule has 26 heavy (non-hydrogen) atoms. The summed E-state index contributed by atoms with van der Waals surface area (Å²) in [4.78, 5) is 32.6. The van der Waals surface area contributed by atoms with Crippen LogP contribution in [0.4, 0.5) is 5.82 Å². The quantitative estimate of drug-likeness (QED) is 0.735. The Morgan fingerprint density at radius 1 is 1.00 bits per heavy atom. The zero-order valence-electron chi connectivity index (χ0n) is 14.2. The summed E-state index contributed by atoms with van der Waals surface area (Å²) in [5, 5.41) is 0. The van der Waals surface area contributed by atoms with Crippen LogP contribution in [-0.4, -0.2) is 54.4 Å². The molecule has 0 spiro atoms. The number of hydrazine groups is 1. The van der Waals surface area contributed by atoms with Gasteiger partial charge in [0, 0.05) is 42.4 Å². The summed E-state index contributed by atoms with van der Waals surface area (Å²) in [5.41, 5.74) is 5.39. The highest BCUT2D eigenvalue weighted by molar-refractivity contribution is 9.10. The second kappa shape index (κ2) is 8.77. The molecule has 0 aliphatic carbocycles. The number of carbonyl (C=O) groups excluding carboxylic acids is 2. The monoisotopic (exact) mass is 417 g/mol. The molecule has 2 heterocycles. The minimum Gasteiger partial charge on any atom is -0.354 e. The van der Waals surface area contributed by atoms with E-state index in [1.165, 1.54) is 0 Å². The minimum absolute atomic E-state index is 0.234. The van der Waals surface area contributed by atoms with E-state index in [2.05, 4.69) is 41.6 Å². The molecule has 3 rings (SSSR count). The predicted molar refractivity (Wildman–Crippen MR) is 103 cm³/mol. The van der Waals surface area contributed by atoms with Crippen molar-refractivity contribution >= 4 is 33.6 Å². The molecule has 0 saturated carbocycles. The summed E-state index contributed by atoms with van der Waals surface area (Å²) in [6.45, 7) is 3.41. The molecule has 0 bridgehead atoms. The molecule has 0 radical (unpaired) electrons. The first kappa shape index (κ1) is 18.3. The van der Waals surface area contributed by atoms with E-state index in [1.54, 1.807) is 30.5 Å². The Morgan fingerprint density at radius 3 is 2.38 bits per heavy atom. The van der Waals surface area contributed by atoms with Gasteiger partial charge in [-0.1, -0.05) is 22.0 Å². The first-order valence-corrected chi connectivity index (χ1v) is 9.14. The lowest BCUT2D eigenvalue weighted by Gasteiger charge is -2.34. The minimum atomic E-state index is -0.342. The van der Waals surface area contributed by atoms with Gasteiger partial charge in [0.15, 0.2) is 0 Å². The SMILES string of the molecule is O=C(CN1CCN(c2ccccn2)CC1)NNC(=O)c1ccc(Br)cc1. The maximum Gasteiger partial charge on any atom is 0.269 e. The predicted octanol–water partition coefficient (Wildman–Crippen LogP) is 1.43. The lowest BCUT2D eigenvalue weighted by atomic mass is 10.2. The number of piperazine rings is 1. The number of benzene rings is 1. The maximum absolute atomic E-state index is 12.1. The second-order valence-corrected chi connectivity index (χ2v) is 6.88. The van der Waals surface area contributed by atoms with Crippen molar-refractivity contribution in [1.29, 1.82) is 0 Å². The summed E-state index contributed by atoms with van der Waals surface area (Å²) >= 11 is 3.32. The Balaban J connectivity index is 1.40. The summed E-state index contributed by atoms with van der Waals surface area (Å²) in [6.07, 6.45) is 1.78. The molecule has 8 heteroatoms. The Hall–Kier alpha value is -2.45. The van der Waals surface area contributed by atoms with Crippen LogP contribution in [-0.2, 0) is 4.79 Å². The number of nitrogens with zero attached hydrogens (tertiary/aromatic N) is 3. The van der Waals surface area contributed by atoms with Crippen molar-refractivity contribution in [3.05, 3.63) is 58.7 Å². The molecule has 2 aromatic rings. The zero-order valence-corrected chi connectivity index (χ0v) is 15.8. The van der Waals surface area contributed by atoms with E-state index in [4.69, 9.17) is 0 Å². The Kier molecular flexibility index (Phi) is 6.19. The molecule has 1 saturated heterocycles. The van der Waals surface area contributed by atoms with E-state index >= 15 is 0 Å². The van der Waals surface area contributed by atoms with Crippen LogP contribution >= 0.6 is 15.9 Å². The summed E-state index contributed by atoms with van der Waals surface area (Å²) < 4.78 is 0.892. The Morgan fingerprint density at radius 2 is 1.73 bits per heavy atom. The van der Waals surface area contributed by atoms with Crippen molar-refractivity contribution in [3.8, 4) is 0 Å². The number of hydrogen-bond acceptors (Lipinski definition) is 5. The van der Waals surface area contributed by atoms with Gasteiger partial charge in [0.2, 0.25) is 0 Å². The number of amides is 2. The number of halogens is 1. The fraction of sp³-hybridized carbons (Fsp3) is 0.278. The average molecular weight is 418 g/mol. The molecular formula is C18H20BrN5O2. The molecule has 1 aromatic heterocycles. The topological polar surface area (TPSA) is 77.6 Å². The van der Waals surface area contributed by atoms with E-state index in [9.17, 15) is 9.59 Å². The third kappa shape index (κ3) is 5.03. The first-order chi connectivity index (χ1) is 12.6. The van der Waals surface area contributed by atoms with Crippen LogP contribution in [0, 0.1) is 0 Å². The number of carbonyl (C=O) groups is 2. The van der Waals surface area contributed by atoms with Crippen molar-refractivity contribution in [2.75, 3.05) is 37.6 Å². The third-order valence-electron chi connectivity index (χ3n) is 4.13. The number of anilines is 1. The summed E-state index contributed by atoms with van der Waals surface area (Å²) in [6, 6.07) is 12.8. The van der Waals surface area contributed by atoms with Gasteiger partial charge < -0.3 is 4.90 Å². The summed E-state index contributed by atoms with van der Waals surface area (Å²) in [5.74, 6) is 0.380. The van der Waals surface area contributed by atoms with Gasteiger partial charge in [-0.15, -0.1) is 0 Å². The largest absolute Gasteiger partial charge is 0.354 e. The van der Waals surface area contributed by atoms with Crippen LogP contribution < -0.4 is 15.8 Å². The molecule has 1 aliphatic heterocycles. The van der Waals surface area contributed by atoms with Gasteiger partial charge in [-0.05, 0) is 36.4 Å². The number of aromatic nitrogens is 1. The highest BCUT2D eigenvalue weighted by Crippen LogP contribution is 2.12. The van der Waals surface area contributed by atoms with Crippen molar-refractivity contribution in [2.45, 2.75) is 0 Å². The lowest BCUT2D eigenvalue weighted by Crippen LogP contribution is -2.52. The van der Waals surface area contributed by atoms with Gasteiger partial charge in [-0.3, -0.25) is 25.3 Å². The van der Waals surface area contributed by atoms with Crippen LogP contribution in [0.3, 0.4) is 0 Å². The van der Waals surface area contributed by atoms with E-state index in [1.807, 2.05) is 18.2 Å². The standard InChI is InChI=1S/C18H20BrN5O2/c19-15-6-4-14(5-7-15)18(26)22-21-17(25)13-23-9-11-24(12-10-23)16-3-1-2-8-20-16/h1-8H,9-13H2,(H,21,25)(H,22,26). The fourth-order valence-electron chi connectivity index (χ4n) is 2.72. The smallest absolute Gasteiger partial charge is 0.269 e. The van der Waals surface area contributed by atoms with Gasteiger partial charge >= 0.3 is 0 Å². The molecule has 0 atom stereocenters. The van der Waals surface area contributed by atoms with Crippen molar-refractivity contribution < 1.29 is 9.59 Å². The number of hydrogen-bond donors (Lipinski definition) is 2. The van der Waals surface area contributed by atoms with Crippen molar-refractivity contribution in [1.82, 2.24) is 20.7 Å². The third-order valence-corrected chi connectivity index (χ3v) is 4.66. The van der Waals surface area contributed by atoms with E-state index in [-0.39, 0.29) is 18.4 Å².